The fourth-order valence-electron chi connectivity index (χ4n) is 1.93. The number of benzene rings is 1. The monoisotopic (exact) mass is 286 g/mol. The Morgan fingerprint density at radius 3 is 2.90 bits per heavy atom. The van der Waals surface area contributed by atoms with Gasteiger partial charge in [-0.3, -0.25) is 0 Å². The number of anilines is 1. The Morgan fingerprint density at radius 1 is 1.30 bits per heavy atom. The number of oxazole rings is 1. The molecule has 0 aliphatic heterocycles. The largest absolute Gasteiger partial charge is 0.440 e. The Kier molecular flexibility index (Phi) is 3.58. The van der Waals surface area contributed by atoms with Crippen molar-refractivity contribution >= 4 is 28.5 Å². The molecule has 5 nitrogen and oxygen atoms in total. The highest BCUT2D eigenvalue weighted by molar-refractivity contribution is 7.98. The van der Waals surface area contributed by atoms with E-state index in [1.165, 1.54) is 11.8 Å². The molecule has 3 N–H and O–H groups in total. The number of nitrogen functional groups attached to an aromatic ring is 1. The molecule has 0 atom stereocenters. The van der Waals surface area contributed by atoms with Crippen molar-refractivity contribution in [3.8, 4) is 0 Å². The quantitative estimate of drug-likeness (QED) is 0.436. The number of aromatic nitrogens is 2. The molecule has 0 bridgehead atoms. The molecule has 0 aliphatic carbocycles. The summed E-state index contributed by atoms with van der Waals surface area (Å²) in [5, 5.41) is 1.74. The molecule has 0 fully saturated rings. The second-order valence-corrected chi connectivity index (χ2v) is 5.30. The predicted molar refractivity (Wildman–Crippen MR) is 80.4 cm³/mol. The van der Waals surface area contributed by atoms with E-state index in [-0.39, 0.29) is 0 Å². The number of hydrazine groups is 1. The van der Waals surface area contributed by atoms with Gasteiger partial charge in [-0.2, -0.15) is 0 Å². The zero-order valence-electron chi connectivity index (χ0n) is 11.0. The fraction of sp³-hybridized carbons (Fsp3) is 0.143. The zero-order valence-corrected chi connectivity index (χ0v) is 11.8. The van der Waals surface area contributed by atoms with E-state index in [0.29, 0.717) is 16.8 Å². The summed E-state index contributed by atoms with van der Waals surface area (Å²) in [6.45, 7) is 1.90. The summed E-state index contributed by atoms with van der Waals surface area (Å²) in [4.78, 5) is 8.78. The van der Waals surface area contributed by atoms with Gasteiger partial charge >= 0.3 is 0 Å². The summed E-state index contributed by atoms with van der Waals surface area (Å²) in [5.41, 5.74) is 5.47. The normalized spacial score (nSPS) is 10.9. The van der Waals surface area contributed by atoms with E-state index in [1.54, 1.807) is 6.26 Å². The number of fused-ring (bicyclic) bond motifs is 1. The maximum absolute atomic E-state index is 5.55. The molecule has 0 spiro atoms. The number of aryl methyl sites for hydroxylation is 1. The maximum atomic E-state index is 5.55. The highest BCUT2D eigenvalue weighted by Gasteiger charge is 2.08. The van der Waals surface area contributed by atoms with Crippen LogP contribution in [0.4, 0.5) is 5.82 Å². The highest BCUT2D eigenvalue weighted by atomic mass is 32.2. The molecule has 0 saturated heterocycles. The number of hydrogen-bond donors (Lipinski definition) is 2. The van der Waals surface area contributed by atoms with E-state index in [4.69, 9.17) is 10.3 Å². The van der Waals surface area contributed by atoms with Gasteiger partial charge in [0.25, 0.3) is 5.22 Å². The number of thioether (sulfide) groups is 1. The lowest BCUT2D eigenvalue weighted by Crippen LogP contribution is -2.11. The summed E-state index contributed by atoms with van der Waals surface area (Å²) in [5.74, 6) is 6.93. The Labute approximate surface area is 120 Å². The SMILES string of the molecule is Cc1coc(SCc2cc3ccccc3nc2NN)n1. The smallest absolute Gasteiger partial charge is 0.256 e. The molecule has 1 aromatic carbocycles. The van der Waals surface area contributed by atoms with Gasteiger partial charge in [-0.15, -0.1) is 0 Å². The Bertz CT molecular complexity index is 741. The van der Waals surface area contributed by atoms with Gasteiger partial charge in [0.15, 0.2) is 0 Å². The van der Waals surface area contributed by atoms with Gasteiger partial charge in [0, 0.05) is 16.7 Å². The van der Waals surface area contributed by atoms with Crippen LogP contribution in [0.1, 0.15) is 11.3 Å². The lowest BCUT2D eigenvalue weighted by molar-refractivity contribution is 0.454. The number of pyridine rings is 1. The van der Waals surface area contributed by atoms with Crippen molar-refractivity contribution in [2.24, 2.45) is 5.84 Å². The van der Waals surface area contributed by atoms with Crippen LogP contribution in [0.15, 0.2) is 46.2 Å². The van der Waals surface area contributed by atoms with Crippen molar-refractivity contribution in [3.05, 3.63) is 47.9 Å². The molecule has 0 aliphatic rings. The standard InChI is InChI=1S/C14H14N4OS/c1-9-7-19-14(16-9)20-8-11-6-10-4-2-3-5-12(10)17-13(11)18-15/h2-7H,8,15H2,1H3,(H,17,18). The van der Waals surface area contributed by atoms with Crippen molar-refractivity contribution in [1.29, 1.82) is 0 Å². The third-order valence-corrected chi connectivity index (χ3v) is 3.78. The van der Waals surface area contributed by atoms with Gasteiger partial charge in [0.1, 0.15) is 12.1 Å². The van der Waals surface area contributed by atoms with Gasteiger partial charge < -0.3 is 9.84 Å². The summed E-state index contributed by atoms with van der Waals surface area (Å²) < 4.78 is 5.33. The minimum absolute atomic E-state index is 0.652. The highest BCUT2D eigenvalue weighted by Crippen LogP contribution is 2.27. The van der Waals surface area contributed by atoms with Crippen LogP contribution in [0.3, 0.4) is 0 Å². The minimum atomic E-state index is 0.652. The van der Waals surface area contributed by atoms with Crippen LogP contribution >= 0.6 is 11.8 Å². The lowest BCUT2D eigenvalue weighted by atomic mass is 10.1. The van der Waals surface area contributed by atoms with Crippen LogP contribution in [0.25, 0.3) is 10.9 Å². The molecule has 102 valence electrons. The molecule has 3 rings (SSSR count). The van der Waals surface area contributed by atoms with Crippen molar-refractivity contribution in [3.63, 3.8) is 0 Å². The average Bonchev–Trinajstić information content (AvgIpc) is 2.89. The van der Waals surface area contributed by atoms with E-state index < -0.39 is 0 Å². The van der Waals surface area contributed by atoms with Crippen LogP contribution < -0.4 is 11.3 Å². The number of nitrogens with one attached hydrogen (secondary N) is 1. The number of hydrogen-bond acceptors (Lipinski definition) is 6. The first-order valence-corrected chi connectivity index (χ1v) is 7.15. The summed E-state index contributed by atoms with van der Waals surface area (Å²) in [7, 11) is 0. The topological polar surface area (TPSA) is 77.0 Å². The van der Waals surface area contributed by atoms with Crippen LogP contribution in [0.5, 0.6) is 0 Å². The summed E-state index contributed by atoms with van der Waals surface area (Å²) in [6.07, 6.45) is 1.64. The molecule has 0 unspecified atom stereocenters. The molecule has 20 heavy (non-hydrogen) atoms. The molecule has 3 aromatic rings. The molecule has 6 heteroatoms. The van der Waals surface area contributed by atoms with E-state index in [9.17, 15) is 0 Å². The van der Waals surface area contributed by atoms with Crippen molar-refractivity contribution in [1.82, 2.24) is 9.97 Å². The van der Waals surface area contributed by atoms with Gasteiger partial charge in [-0.1, -0.05) is 30.0 Å². The second kappa shape index (κ2) is 5.52. The number of rotatable bonds is 4. The fourth-order valence-corrected chi connectivity index (χ4v) is 2.76. The molecule has 2 aromatic heterocycles. The first kappa shape index (κ1) is 13.0. The third kappa shape index (κ3) is 2.61. The van der Waals surface area contributed by atoms with Crippen molar-refractivity contribution in [2.45, 2.75) is 17.9 Å². The Balaban J connectivity index is 1.89. The van der Waals surface area contributed by atoms with Crippen molar-refractivity contribution < 1.29 is 4.42 Å². The summed E-state index contributed by atoms with van der Waals surface area (Å²) in [6, 6.07) is 10.0. The van der Waals surface area contributed by atoms with Crippen molar-refractivity contribution in [2.75, 3.05) is 5.43 Å². The third-order valence-electron chi connectivity index (χ3n) is 2.89. The van der Waals surface area contributed by atoms with Crippen LogP contribution in [0, 0.1) is 6.92 Å². The van der Waals surface area contributed by atoms with Gasteiger partial charge in [0.2, 0.25) is 0 Å². The zero-order chi connectivity index (χ0) is 13.9. The number of nitrogens with zero attached hydrogens (tertiary/aromatic N) is 2. The number of nitrogens with two attached hydrogens (primary N) is 1. The van der Waals surface area contributed by atoms with E-state index >= 15 is 0 Å². The van der Waals surface area contributed by atoms with Crippen LogP contribution in [-0.2, 0) is 5.75 Å². The van der Waals surface area contributed by atoms with Crippen LogP contribution in [0.2, 0.25) is 0 Å². The number of para-hydroxylation sites is 1. The van der Waals surface area contributed by atoms with E-state index in [1.807, 2.05) is 31.2 Å². The molecule has 2 heterocycles. The van der Waals surface area contributed by atoms with Gasteiger partial charge in [0.05, 0.1) is 11.2 Å². The predicted octanol–water partition coefficient (Wildman–Crippen LogP) is 3.11. The first-order valence-electron chi connectivity index (χ1n) is 6.16. The van der Waals surface area contributed by atoms with Crippen LogP contribution in [-0.4, -0.2) is 9.97 Å². The first-order chi connectivity index (χ1) is 9.76. The van der Waals surface area contributed by atoms with Gasteiger partial charge in [-0.05, 0) is 19.1 Å². The molecule has 0 saturated carbocycles. The van der Waals surface area contributed by atoms with E-state index in [2.05, 4.69) is 21.5 Å². The lowest BCUT2D eigenvalue weighted by Gasteiger charge is -2.08. The van der Waals surface area contributed by atoms with E-state index in [0.717, 1.165) is 22.2 Å². The Hall–Kier alpha value is -2.05. The van der Waals surface area contributed by atoms with Gasteiger partial charge in [-0.25, -0.2) is 15.8 Å². The Morgan fingerprint density at radius 2 is 2.15 bits per heavy atom. The molecular weight excluding hydrogens is 272 g/mol. The molecule has 0 radical (unpaired) electrons. The minimum Gasteiger partial charge on any atom is -0.440 e. The average molecular weight is 286 g/mol. The molecule has 0 amide bonds. The maximum Gasteiger partial charge on any atom is 0.256 e. The summed E-state index contributed by atoms with van der Waals surface area (Å²) >= 11 is 1.52. The second-order valence-electron chi connectivity index (χ2n) is 4.38. The molecular formula is C14H14N4OS.